The van der Waals surface area contributed by atoms with Gasteiger partial charge in [0.05, 0.1) is 5.75 Å². The molecule has 0 amide bonds. The maximum atomic E-state index is 11.7. The summed E-state index contributed by atoms with van der Waals surface area (Å²) in [4.78, 5) is 11.7. The van der Waals surface area contributed by atoms with Crippen LogP contribution in [-0.2, 0) is 21.1 Å². The summed E-state index contributed by atoms with van der Waals surface area (Å²) in [7, 11) is -2.95. The number of rotatable bonds is 6. The zero-order valence-electron chi connectivity index (χ0n) is 10.3. The Morgan fingerprint density at radius 1 is 1.24 bits per heavy atom. The van der Waals surface area contributed by atoms with Gasteiger partial charge in [-0.2, -0.15) is 0 Å². The van der Waals surface area contributed by atoms with Crippen LogP contribution in [0.3, 0.4) is 0 Å². The molecule has 0 aliphatic rings. The summed E-state index contributed by atoms with van der Waals surface area (Å²) in [6.45, 7) is 1.97. The Hall–Kier alpha value is -1.16. The van der Waals surface area contributed by atoms with E-state index in [9.17, 15) is 13.2 Å². The number of carbonyl (C=O) groups excluding carboxylic acids is 1. The van der Waals surface area contributed by atoms with Crippen LogP contribution in [0.15, 0.2) is 24.3 Å². The molecule has 0 aliphatic carbocycles. The Balaban J connectivity index is 2.43. The maximum absolute atomic E-state index is 11.7. The minimum absolute atomic E-state index is 0.0898. The summed E-state index contributed by atoms with van der Waals surface area (Å²) in [5, 5.41) is 0. The smallest absolute Gasteiger partial charge is 0.147 e. The Morgan fingerprint density at radius 2 is 1.88 bits per heavy atom. The molecule has 0 bridgehead atoms. The highest BCUT2D eigenvalue weighted by Gasteiger charge is 2.08. The first-order chi connectivity index (χ1) is 7.88. The molecule has 0 unspecified atom stereocenters. The molecule has 1 aromatic carbocycles. The van der Waals surface area contributed by atoms with Gasteiger partial charge in [-0.15, -0.1) is 0 Å². The summed E-state index contributed by atoms with van der Waals surface area (Å²) in [5.41, 5.74) is 2.13. The molecule has 0 spiro atoms. The summed E-state index contributed by atoms with van der Waals surface area (Å²) in [6, 6.07) is 7.75. The minimum atomic E-state index is -2.95. The van der Waals surface area contributed by atoms with Crippen LogP contribution >= 0.6 is 0 Å². The van der Waals surface area contributed by atoms with Gasteiger partial charge in [-0.05, 0) is 24.5 Å². The summed E-state index contributed by atoms with van der Waals surface area (Å²) >= 11 is 0. The first-order valence-corrected chi connectivity index (χ1v) is 7.68. The molecule has 4 heteroatoms. The van der Waals surface area contributed by atoms with Crippen LogP contribution in [0.5, 0.6) is 0 Å². The van der Waals surface area contributed by atoms with Crippen molar-refractivity contribution in [1.82, 2.24) is 0 Å². The zero-order valence-corrected chi connectivity index (χ0v) is 11.1. The molecule has 0 N–H and O–H groups in total. The fourth-order valence-electron chi connectivity index (χ4n) is 1.64. The van der Waals surface area contributed by atoms with E-state index in [2.05, 4.69) is 0 Å². The molecule has 3 nitrogen and oxygen atoms in total. The van der Waals surface area contributed by atoms with E-state index in [1.807, 2.05) is 31.2 Å². The Kier molecular flexibility index (Phi) is 4.87. The number of carbonyl (C=O) groups is 1. The number of hydrogen-bond donors (Lipinski definition) is 0. The molecule has 1 aromatic rings. The molecule has 94 valence electrons. The van der Waals surface area contributed by atoms with Gasteiger partial charge in [0.25, 0.3) is 0 Å². The number of hydrogen-bond acceptors (Lipinski definition) is 3. The molecule has 0 aliphatic heterocycles. The zero-order chi connectivity index (χ0) is 12.9. The average molecular weight is 254 g/mol. The van der Waals surface area contributed by atoms with E-state index in [1.54, 1.807) is 0 Å². The second-order valence-corrected chi connectivity index (χ2v) is 6.64. The number of ketones is 1. The topological polar surface area (TPSA) is 51.2 Å². The molecular weight excluding hydrogens is 236 g/mol. The highest BCUT2D eigenvalue weighted by atomic mass is 32.2. The molecule has 0 aromatic heterocycles. The monoisotopic (exact) mass is 254 g/mol. The van der Waals surface area contributed by atoms with E-state index in [0.717, 1.165) is 11.1 Å². The van der Waals surface area contributed by atoms with Crippen molar-refractivity contribution < 1.29 is 13.2 Å². The molecule has 1 rings (SSSR count). The van der Waals surface area contributed by atoms with Gasteiger partial charge >= 0.3 is 0 Å². The number of Topliss-reactive ketones (excluding diaryl/α,β-unsaturated/α-hetero) is 1. The fourth-order valence-corrected chi connectivity index (χ4v) is 2.31. The lowest BCUT2D eigenvalue weighted by atomic mass is 10.0. The largest absolute Gasteiger partial charge is 0.299 e. The van der Waals surface area contributed by atoms with E-state index in [0.29, 0.717) is 19.3 Å². The van der Waals surface area contributed by atoms with Crippen molar-refractivity contribution in [2.75, 3.05) is 12.0 Å². The van der Waals surface area contributed by atoms with Crippen LogP contribution in [0.25, 0.3) is 0 Å². The molecule has 0 radical (unpaired) electrons. The van der Waals surface area contributed by atoms with Gasteiger partial charge in [-0.25, -0.2) is 8.42 Å². The molecule has 0 saturated carbocycles. The quantitative estimate of drug-likeness (QED) is 0.779. The van der Waals surface area contributed by atoms with Gasteiger partial charge < -0.3 is 0 Å². The molecule has 17 heavy (non-hydrogen) atoms. The molecule has 0 saturated heterocycles. The molecule has 0 fully saturated rings. The third kappa shape index (κ3) is 5.63. The van der Waals surface area contributed by atoms with Gasteiger partial charge in [-0.1, -0.05) is 24.3 Å². The van der Waals surface area contributed by atoms with Crippen molar-refractivity contribution >= 4 is 15.6 Å². The second-order valence-electron chi connectivity index (χ2n) is 4.38. The van der Waals surface area contributed by atoms with Gasteiger partial charge in [0, 0.05) is 19.1 Å². The Labute approximate surface area is 103 Å². The average Bonchev–Trinajstić information content (AvgIpc) is 2.19. The summed E-state index contributed by atoms with van der Waals surface area (Å²) < 4.78 is 21.8. The van der Waals surface area contributed by atoms with Crippen molar-refractivity contribution in [3.8, 4) is 0 Å². The standard InChI is InChI=1S/C13H18O3S/c1-11-6-3-4-7-12(11)10-13(14)8-5-9-17(2,15)16/h3-4,6-7H,5,8-10H2,1-2H3. The van der Waals surface area contributed by atoms with Crippen LogP contribution in [0.1, 0.15) is 24.0 Å². The van der Waals surface area contributed by atoms with E-state index in [-0.39, 0.29) is 11.5 Å². The number of sulfone groups is 1. The Bertz CT molecular complexity index is 489. The van der Waals surface area contributed by atoms with Gasteiger partial charge in [-0.3, -0.25) is 4.79 Å². The summed E-state index contributed by atoms with van der Waals surface area (Å²) in [5.74, 6) is 0.190. The molecule has 0 heterocycles. The van der Waals surface area contributed by atoms with Crippen molar-refractivity contribution in [2.45, 2.75) is 26.2 Å². The number of benzene rings is 1. The van der Waals surface area contributed by atoms with Crippen LogP contribution < -0.4 is 0 Å². The van der Waals surface area contributed by atoms with Crippen molar-refractivity contribution in [3.63, 3.8) is 0 Å². The van der Waals surface area contributed by atoms with E-state index in [4.69, 9.17) is 0 Å². The number of aryl methyl sites for hydroxylation is 1. The lowest BCUT2D eigenvalue weighted by molar-refractivity contribution is -0.118. The lowest BCUT2D eigenvalue weighted by Crippen LogP contribution is -2.08. The van der Waals surface area contributed by atoms with Crippen LogP contribution in [-0.4, -0.2) is 26.2 Å². The molecule has 0 atom stereocenters. The third-order valence-corrected chi connectivity index (χ3v) is 3.65. The normalized spacial score (nSPS) is 11.4. The first-order valence-electron chi connectivity index (χ1n) is 5.62. The van der Waals surface area contributed by atoms with E-state index >= 15 is 0 Å². The predicted octanol–water partition coefficient (Wildman–Crippen LogP) is 1.93. The minimum Gasteiger partial charge on any atom is -0.299 e. The second kappa shape index (κ2) is 5.96. The highest BCUT2D eigenvalue weighted by Crippen LogP contribution is 2.09. The summed E-state index contributed by atoms with van der Waals surface area (Å²) in [6.07, 6.45) is 2.35. The SMILES string of the molecule is Cc1ccccc1CC(=O)CCCS(C)(=O)=O. The Morgan fingerprint density at radius 3 is 2.47 bits per heavy atom. The van der Waals surface area contributed by atoms with Crippen molar-refractivity contribution in [2.24, 2.45) is 0 Å². The predicted molar refractivity (Wildman–Crippen MR) is 68.8 cm³/mol. The van der Waals surface area contributed by atoms with Gasteiger partial charge in [0.1, 0.15) is 15.6 Å². The maximum Gasteiger partial charge on any atom is 0.147 e. The van der Waals surface area contributed by atoms with Gasteiger partial charge in [0.15, 0.2) is 0 Å². The third-order valence-electron chi connectivity index (χ3n) is 2.62. The van der Waals surface area contributed by atoms with Crippen LogP contribution in [0.4, 0.5) is 0 Å². The van der Waals surface area contributed by atoms with E-state index < -0.39 is 9.84 Å². The van der Waals surface area contributed by atoms with Crippen LogP contribution in [0, 0.1) is 6.92 Å². The highest BCUT2D eigenvalue weighted by molar-refractivity contribution is 7.90. The van der Waals surface area contributed by atoms with E-state index in [1.165, 1.54) is 6.26 Å². The van der Waals surface area contributed by atoms with Crippen molar-refractivity contribution in [1.29, 1.82) is 0 Å². The molecular formula is C13H18O3S. The van der Waals surface area contributed by atoms with Gasteiger partial charge in [0.2, 0.25) is 0 Å². The fraction of sp³-hybridized carbons (Fsp3) is 0.462. The van der Waals surface area contributed by atoms with Crippen LogP contribution in [0.2, 0.25) is 0 Å². The first kappa shape index (κ1) is 13.9. The lowest BCUT2D eigenvalue weighted by Gasteiger charge is -2.04. The van der Waals surface area contributed by atoms with Crippen molar-refractivity contribution in [3.05, 3.63) is 35.4 Å².